The Morgan fingerprint density at radius 1 is 1.19 bits per heavy atom. The Labute approximate surface area is 185 Å². The minimum Gasteiger partial charge on any atom is -0.363 e. The fourth-order valence-electron chi connectivity index (χ4n) is 4.06. The molecule has 6 nitrogen and oxygen atoms in total. The van der Waals surface area contributed by atoms with Crippen molar-refractivity contribution in [1.82, 2.24) is 19.9 Å². The summed E-state index contributed by atoms with van der Waals surface area (Å²) < 4.78 is 39.4. The number of nitrogens with one attached hydrogen (secondary N) is 1. The highest BCUT2D eigenvalue weighted by Gasteiger charge is 2.31. The molecule has 32 heavy (non-hydrogen) atoms. The molecule has 2 atom stereocenters. The summed E-state index contributed by atoms with van der Waals surface area (Å²) >= 11 is 0. The molecule has 0 radical (unpaired) electrons. The van der Waals surface area contributed by atoms with E-state index < -0.39 is 11.7 Å². The predicted molar refractivity (Wildman–Crippen MR) is 120 cm³/mol. The Hall–Kier alpha value is -2.94. The summed E-state index contributed by atoms with van der Waals surface area (Å²) in [5.41, 5.74) is 0.568. The zero-order valence-electron chi connectivity index (χ0n) is 18.6. The Morgan fingerprint density at radius 2 is 1.97 bits per heavy atom. The van der Waals surface area contributed by atoms with Crippen LogP contribution >= 0.6 is 0 Å². The van der Waals surface area contributed by atoms with E-state index in [9.17, 15) is 13.2 Å². The van der Waals surface area contributed by atoms with Crippen LogP contribution in [-0.4, -0.2) is 53.1 Å². The number of fused-ring (bicyclic) bond motifs is 1. The lowest BCUT2D eigenvalue weighted by Gasteiger charge is -2.22. The Bertz CT molecular complexity index is 1110. The van der Waals surface area contributed by atoms with Crippen molar-refractivity contribution in [3.8, 4) is 0 Å². The summed E-state index contributed by atoms with van der Waals surface area (Å²) in [6.07, 6.45) is -1.58. The predicted octanol–water partition coefficient (Wildman–Crippen LogP) is 4.67. The number of aryl methyl sites for hydroxylation is 1. The molecule has 0 bridgehead atoms. The van der Waals surface area contributed by atoms with Crippen LogP contribution in [0.5, 0.6) is 0 Å². The smallest absolute Gasteiger partial charge is 0.363 e. The fourth-order valence-corrected chi connectivity index (χ4v) is 4.06. The van der Waals surface area contributed by atoms with Gasteiger partial charge in [-0.25, -0.2) is 15.0 Å². The maximum Gasteiger partial charge on any atom is 0.416 e. The first-order valence-corrected chi connectivity index (χ1v) is 10.6. The van der Waals surface area contributed by atoms with Crippen LogP contribution in [0.4, 0.5) is 24.8 Å². The van der Waals surface area contributed by atoms with Gasteiger partial charge in [0.15, 0.2) is 0 Å². The highest BCUT2D eigenvalue weighted by atomic mass is 19.4. The molecule has 170 valence electrons. The number of aromatic nitrogens is 3. The molecule has 1 aromatic carbocycles. The maximum atomic E-state index is 13.1. The summed E-state index contributed by atoms with van der Waals surface area (Å²) in [4.78, 5) is 18.1. The number of pyridine rings is 1. The van der Waals surface area contributed by atoms with Gasteiger partial charge in [-0.3, -0.25) is 0 Å². The van der Waals surface area contributed by atoms with Crippen molar-refractivity contribution in [1.29, 1.82) is 0 Å². The van der Waals surface area contributed by atoms with Crippen LogP contribution in [0, 0.1) is 6.92 Å². The number of likely N-dealkylation sites (N-methyl/N-ethyl adjacent to an activating group) is 1. The second kappa shape index (κ2) is 8.54. The summed E-state index contributed by atoms with van der Waals surface area (Å²) in [5.74, 6) is 2.01. The van der Waals surface area contributed by atoms with Crippen molar-refractivity contribution in [3.63, 3.8) is 0 Å². The Morgan fingerprint density at radius 3 is 2.66 bits per heavy atom. The zero-order valence-corrected chi connectivity index (χ0v) is 18.6. The van der Waals surface area contributed by atoms with Gasteiger partial charge in [-0.05, 0) is 58.1 Å². The van der Waals surface area contributed by atoms with E-state index in [0.717, 1.165) is 36.8 Å². The van der Waals surface area contributed by atoms with Gasteiger partial charge in [-0.1, -0.05) is 12.1 Å². The van der Waals surface area contributed by atoms with Gasteiger partial charge in [-0.2, -0.15) is 13.2 Å². The lowest BCUT2D eigenvalue weighted by molar-refractivity contribution is -0.137. The van der Waals surface area contributed by atoms with E-state index in [-0.39, 0.29) is 6.04 Å². The van der Waals surface area contributed by atoms with Gasteiger partial charge in [0.25, 0.3) is 0 Å². The Kier molecular flexibility index (Phi) is 5.94. The average molecular weight is 445 g/mol. The van der Waals surface area contributed by atoms with Crippen LogP contribution in [0.2, 0.25) is 0 Å². The van der Waals surface area contributed by atoms with E-state index in [2.05, 4.69) is 44.2 Å². The molecule has 0 unspecified atom stereocenters. The second-order valence-electron chi connectivity index (χ2n) is 8.52. The number of hydrogen-bond acceptors (Lipinski definition) is 6. The van der Waals surface area contributed by atoms with Crippen molar-refractivity contribution >= 4 is 22.5 Å². The number of benzene rings is 1. The molecule has 0 spiro atoms. The van der Waals surface area contributed by atoms with Gasteiger partial charge in [0, 0.05) is 30.6 Å². The molecule has 2 aromatic heterocycles. The quantitative estimate of drug-likeness (QED) is 0.618. The third-order valence-electron chi connectivity index (χ3n) is 5.96. The van der Waals surface area contributed by atoms with Gasteiger partial charge in [0.05, 0.1) is 17.3 Å². The first-order valence-electron chi connectivity index (χ1n) is 10.6. The number of hydrogen-bond donors (Lipinski definition) is 1. The van der Waals surface area contributed by atoms with Crippen LogP contribution in [0.1, 0.15) is 36.3 Å². The van der Waals surface area contributed by atoms with Gasteiger partial charge in [0.2, 0.25) is 0 Å². The molecule has 1 aliphatic rings. The molecule has 1 N–H and O–H groups in total. The van der Waals surface area contributed by atoms with Crippen LogP contribution < -0.4 is 10.2 Å². The first-order chi connectivity index (χ1) is 15.1. The highest BCUT2D eigenvalue weighted by Crippen LogP contribution is 2.32. The molecule has 1 fully saturated rings. The van der Waals surface area contributed by atoms with Crippen LogP contribution in [-0.2, 0) is 6.18 Å². The molecule has 0 amide bonds. The largest absolute Gasteiger partial charge is 0.416 e. The SMILES string of the molecule is Cc1nc(N[C@H](C)c2cccc(C(F)(F)F)c2)c2cc(N3CC[C@@H](N(C)C)C3)ncc2n1. The monoisotopic (exact) mass is 444 g/mol. The third kappa shape index (κ3) is 4.62. The van der Waals surface area contributed by atoms with E-state index >= 15 is 0 Å². The second-order valence-corrected chi connectivity index (χ2v) is 8.52. The summed E-state index contributed by atoms with van der Waals surface area (Å²) in [5, 5.41) is 4.09. The van der Waals surface area contributed by atoms with Crippen molar-refractivity contribution in [2.45, 2.75) is 38.5 Å². The highest BCUT2D eigenvalue weighted by molar-refractivity contribution is 5.90. The maximum absolute atomic E-state index is 13.1. The van der Waals surface area contributed by atoms with Crippen molar-refractivity contribution in [2.24, 2.45) is 0 Å². The molecular formula is C23H27F3N6. The molecule has 1 saturated heterocycles. The molecule has 0 aliphatic carbocycles. The van der Waals surface area contributed by atoms with Gasteiger partial charge >= 0.3 is 6.18 Å². The molecular weight excluding hydrogens is 417 g/mol. The number of rotatable bonds is 5. The van der Waals surface area contributed by atoms with Crippen molar-refractivity contribution in [3.05, 3.63) is 53.5 Å². The number of nitrogens with zero attached hydrogens (tertiary/aromatic N) is 5. The van der Waals surface area contributed by atoms with Crippen LogP contribution in [0.3, 0.4) is 0 Å². The topological polar surface area (TPSA) is 57.2 Å². The normalized spacial score (nSPS) is 17.9. The molecule has 9 heteroatoms. The molecule has 4 rings (SSSR count). The standard InChI is InChI=1S/C23H27F3N6/c1-14(16-6-5-7-17(10-16)23(24,25)26)28-22-19-11-21(27-12-20(19)29-15(2)30-22)32-9-8-18(13-32)31(3)4/h5-7,10-12,14,18H,8-9,13H2,1-4H3,(H,28,29,30)/t14-,18-/m1/s1. The average Bonchev–Trinajstić information content (AvgIpc) is 3.23. The lowest BCUT2D eigenvalue weighted by atomic mass is 10.0. The molecule has 3 aromatic rings. The van der Waals surface area contributed by atoms with Gasteiger partial charge < -0.3 is 15.1 Å². The lowest BCUT2D eigenvalue weighted by Crippen LogP contribution is -2.31. The van der Waals surface area contributed by atoms with E-state index in [4.69, 9.17) is 0 Å². The fraction of sp³-hybridized carbons (Fsp3) is 0.435. The van der Waals surface area contributed by atoms with Crippen molar-refractivity contribution < 1.29 is 13.2 Å². The molecule has 3 heterocycles. The zero-order chi connectivity index (χ0) is 23.0. The third-order valence-corrected chi connectivity index (χ3v) is 5.96. The van der Waals surface area contributed by atoms with E-state index in [1.807, 2.05) is 13.0 Å². The van der Waals surface area contributed by atoms with Crippen molar-refractivity contribution in [2.75, 3.05) is 37.4 Å². The Balaban J connectivity index is 1.65. The van der Waals surface area contributed by atoms with Crippen LogP contribution in [0.25, 0.3) is 10.9 Å². The number of anilines is 2. The van der Waals surface area contributed by atoms with E-state index in [1.54, 1.807) is 19.2 Å². The summed E-state index contributed by atoms with van der Waals surface area (Å²) in [6.45, 7) is 5.41. The van der Waals surface area contributed by atoms with Gasteiger partial charge in [0.1, 0.15) is 17.5 Å². The van der Waals surface area contributed by atoms with Gasteiger partial charge in [-0.15, -0.1) is 0 Å². The minimum atomic E-state index is -4.38. The minimum absolute atomic E-state index is 0.378. The van der Waals surface area contributed by atoms with Crippen LogP contribution in [0.15, 0.2) is 36.5 Å². The summed E-state index contributed by atoms with van der Waals surface area (Å²) in [7, 11) is 4.16. The number of alkyl halides is 3. The van der Waals surface area contributed by atoms with E-state index in [1.165, 1.54) is 12.1 Å². The number of halogens is 3. The van der Waals surface area contributed by atoms with E-state index in [0.29, 0.717) is 28.8 Å². The summed E-state index contributed by atoms with van der Waals surface area (Å²) in [6, 6.07) is 7.42. The molecule has 0 saturated carbocycles. The molecule has 1 aliphatic heterocycles. The first kappa shape index (κ1) is 22.3.